The van der Waals surface area contributed by atoms with Crippen molar-refractivity contribution in [3.8, 4) is 0 Å². The molecule has 18 heavy (non-hydrogen) atoms. The zero-order valence-electron chi connectivity index (χ0n) is 8.88. The summed E-state index contributed by atoms with van der Waals surface area (Å²) in [5.74, 6) is 0. The molecule has 0 saturated carbocycles. The minimum atomic E-state index is -4.46. The number of hydrogen-bond acceptors (Lipinski definition) is 4. The SMILES string of the molecule is O=S(=O)(Cl)C1(S(=O)(=O)Cl)CC=Cc2ccccc21. The Morgan fingerprint density at radius 1 is 1.00 bits per heavy atom. The third kappa shape index (κ3) is 1.87. The monoisotopic (exact) mass is 326 g/mol. The Labute approximate surface area is 114 Å². The second kappa shape index (κ2) is 4.23. The first-order chi connectivity index (χ1) is 8.20. The van der Waals surface area contributed by atoms with E-state index < -0.39 is 22.2 Å². The lowest BCUT2D eigenvalue weighted by atomic mass is 9.96. The Kier molecular flexibility index (Phi) is 3.26. The van der Waals surface area contributed by atoms with Crippen LogP contribution in [0.2, 0.25) is 0 Å². The fraction of sp³-hybridized carbons (Fsp3) is 0.200. The van der Waals surface area contributed by atoms with Gasteiger partial charge >= 0.3 is 0 Å². The molecule has 0 aliphatic heterocycles. The fourth-order valence-electron chi connectivity index (χ4n) is 2.02. The summed E-state index contributed by atoms with van der Waals surface area (Å²) in [5, 5.41) is 0. The molecule has 1 aromatic rings. The van der Waals surface area contributed by atoms with E-state index >= 15 is 0 Å². The summed E-state index contributed by atoms with van der Waals surface area (Å²) in [5.41, 5.74) is 0.551. The maximum absolute atomic E-state index is 11.8. The van der Waals surface area contributed by atoms with Crippen LogP contribution in [0.3, 0.4) is 0 Å². The summed E-state index contributed by atoms with van der Waals surface area (Å²) in [6.07, 6.45) is 2.77. The van der Waals surface area contributed by atoms with Crippen LogP contribution in [0, 0.1) is 0 Å². The second-order valence-electron chi connectivity index (χ2n) is 3.82. The van der Waals surface area contributed by atoms with E-state index in [9.17, 15) is 16.8 Å². The highest BCUT2D eigenvalue weighted by Crippen LogP contribution is 2.48. The van der Waals surface area contributed by atoms with Crippen molar-refractivity contribution < 1.29 is 16.8 Å². The van der Waals surface area contributed by atoms with Crippen molar-refractivity contribution in [3.05, 3.63) is 41.5 Å². The van der Waals surface area contributed by atoms with Crippen LogP contribution < -0.4 is 0 Å². The number of benzene rings is 1. The molecule has 2 rings (SSSR count). The summed E-state index contributed by atoms with van der Waals surface area (Å²) in [6, 6.07) is 6.21. The third-order valence-corrected chi connectivity index (χ3v) is 8.64. The van der Waals surface area contributed by atoms with Gasteiger partial charge in [-0.15, -0.1) is 0 Å². The molecule has 1 aromatic carbocycles. The van der Waals surface area contributed by atoms with Crippen LogP contribution in [-0.4, -0.2) is 16.8 Å². The van der Waals surface area contributed by atoms with Gasteiger partial charge in [0.1, 0.15) is 0 Å². The normalized spacial score (nSPS) is 18.3. The summed E-state index contributed by atoms with van der Waals surface area (Å²) >= 11 is 0. The molecule has 0 saturated heterocycles. The van der Waals surface area contributed by atoms with E-state index in [0.29, 0.717) is 5.56 Å². The minimum absolute atomic E-state index is 0.0810. The first-order valence-electron chi connectivity index (χ1n) is 4.84. The van der Waals surface area contributed by atoms with Crippen molar-refractivity contribution in [1.29, 1.82) is 0 Å². The lowest BCUT2D eigenvalue weighted by Gasteiger charge is -2.30. The molecule has 0 atom stereocenters. The molecule has 98 valence electrons. The Balaban J connectivity index is 2.93. The standard InChI is InChI=1S/C10H8Cl2O4S2/c11-17(13,14)10(18(12,15)16)7-3-5-8-4-1-2-6-9(8)10/h1-6H,7H2. The number of allylic oxidation sites excluding steroid dienone is 1. The van der Waals surface area contributed by atoms with Crippen molar-refractivity contribution in [2.45, 2.75) is 10.5 Å². The smallest absolute Gasteiger partial charge is 0.210 e. The predicted octanol–water partition coefficient (Wildman–Crippen LogP) is 2.39. The molecule has 0 unspecified atom stereocenters. The first-order valence-corrected chi connectivity index (χ1v) is 9.46. The number of fused-ring (bicyclic) bond motifs is 1. The van der Waals surface area contributed by atoms with Gasteiger partial charge in [-0.3, -0.25) is 0 Å². The summed E-state index contributed by atoms with van der Waals surface area (Å²) in [6.45, 7) is 0. The molecular formula is C10H8Cl2O4S2. The van der Waals surface area contributed by atoms with Gasteiger partial charge in [0.25, 0.3) is 18.1 Å². The Morgan fingerprint density at radius 3 is 2.11 bits per heavy atom. The van der Waals surface area contributed by atoms with Crippen molar-refractivity contribution in [1.82, 2.24) is 0 Å². The molecule has 0 aromatic heterocycles. The average molecular weight is 327 g/mol. The van der Waals surface area contributed by atoms with E-state index in [2.05, 4.69) is 0 Å². The predicted molar refractivity (Wildman–Crippen MR) is 71.3 cm³/mol. The quantitative estimate of drug-likeness (QED) is 0.782. The molecule has 0 N–H and O–H groups in total. The van der Waals surface area contributed by atoms with Crippen molar-refractivity contribution in [3.63, 3.8) is 0 Å². The van der Waals surface area contributed by atoms with E-state index in [1.807, 2.05) is 0 Å². The van der Waals surface area contributed by atoms with E-state index in [0.717, 1.165) is 0 Å². The van der Waals surface area contributed by atoms with Crippen molar-refractivity contribution in [2.75, 3.05) is 0 Å². The van der Waals surface area contributed by atoms with E-state index in [1.54, 1.807) is 18.2 Å². The zero-order valence-corrected chi connectivity index (χ0v) is 12.0. The van der Waals surface area contributed by atoms with Gasteiger partial charge < -0.3 is 0 Å². The van der Waals surface area contributed by atoms with Gasteiger partial charge in [0.15, 0.2) is 0 Å². The molecule has 0 amide bonds. The molecule has 0 bridgehead atoms. The summed E-state index contributed by atoms with van der Waals surface area (Å²) in [4.78, 5) is 0. The lowest BCUT2D eigenvalue weighted by Crippen LogP contribution is -2.39. The molecule has 1 aliphatic rings. The van der Waals surface area contributed by atoms with Crippen molar-refractivity contribution >= 4 is 45.5 Å². The average Bonchev–Trinajstić information content (AvgIpc) is 2.25. The fourth-order valence-corrected chi connectivity index (χ4v) is 7.12. The maximum atomic E-state index is 11.8. The van der Waals surface area contributed by atoms with Gasteiger partial charge in [0.05, 0.1) is 0 Å². The molecular weight excluding hydrogens is 319 g/mol. The van der Waals surface area contributed by atoms with Gasteiger partial charge in [-0.1, -0.05) is 36.4 Å². The van der Waals surface area contributed by atoms with Gasteiger partial charge in [-0.25, -0.2) is 16.8 Å². The highest BCUT2D eigenvalue weighted by molar-refractivity contribution is 8.29. The summed E-state index contributed by atoms with van der Waals surface area (Å²) < 4.78 is 44.8. The lowest BCUT2D eigenvalue weighted by molar-refractivity contribution is 0.560. The van der Waals surface area contributed by atoms with E-state index in [4.69, 9.17) is 21.4 Å². The largest absolute Gasteiger partial charge is 0.258 e. The molecule has 0 fully saturated rings. The van der Waals surface area contributed by atoms with Crippen LogP contribution in [0.5, 0.6) is 0 Å². The van der Waals surface area contributed by atoms with Crippen molar-refractivity contribution in [2.24, 2.45) is 0 Å². The highest BCUT2D eigenvalue weighted by atomic mass is 35.7. The first kappa shape index (κ1) is 13.9. The van der Waals surface area contributed by atoms with Crippen LogP contribution >= 0.6 is 21.4 Å². The maximum Gasteiger partial charge on any atom is 0.258 e. The number of hydrogen-bond donors (Lipinski definition) is 0. The topological polar surface area (TPSA) is 68.3 Å². The molecule has 0 radical (unpaired) electrons. The number of rotatable bonds is 2. The second-order valence-corrected chi connectivity index (χ2v) is 9.66. The molecule has 1 aliphatic carbocycles. The van der Waals surface area contributed by atoms with E-state index in [1.165, 1.54) is 18.2 Å². The van der Waals surface area contributed by atoms with E-state index in [-0.39, 0.29) is 12.0 Å². The Hall–Kier alpha value is -0.560. The van der Waals surface area contributed by atoms with Crippen LogP contribution in [0.1, 0.15) is 17.5 Å². The molecule has 0 spiro atoms. The van der Waals surface area contributed by atoms with Crippen LogP contribution in [0.25, 0.3) is 6.08 Å². The molecule has 0 heterocycles. The van der Waals surface area contributed by atoms with Crippen LogP contribution in [0.15, 0.2) is 30.3 Å². The Bertz CT molecular complexity index is 688. The third-order valence-electron chi connectivity index (χ3n) is 2.84. The van der Waals surface area contributed by atoms with Crippen LogP contribution in [-0.2, 0) is 22.2 Å². The molecule has 8 heteroatoms. The number of halogens is 2. The van der Waals surface area contributed by atoms with Gasteiger partial charge in [0.2, 0.25) is 4.08 Å². The van der Waals surface area contributed by atoms with Gasteiger partial charge in [0, 0.05) is 27.8 Å². The zero-order chi connectivity index (χ0) is 13.6. The Morgan fingerprint density at radius 2 is 1.56 bits per heavy atom. The summed E-state index contributed by atoms with van der Waals surface area (Å²) in [7, 11) is 1.80. The highest BCUT2D eigenvalue weighted by Gasteiger charge is 2.56. The molecule has 4 nitrogen and oxygen atoms in total. The minimum Gasteiger partial charge on any atom is -0.210 e. The van der Waals surface area contributed by atoms with Crippen LogP contribution in [0.4, 0.5) is 0 Å². The van der Waals surface area contributed by atoms with Gasteiger partial charge in [-0.2, -0.15) is 0 Å². The van der Waals surface area contributed by atoms with Gasteiger partial charge in [-0.05, 0) is 11.1 Å².